The molecular formula is C24H21BrN2O2. The predicted molar refractivity (Wildman–Crippen MR) is 118 cm³/mol. The molecule has 1 amide bonds. The van der Waals surface area contributed by atoms with E-state index in [0.29, 0.717) is 24.0 Å². The number of halogens is 1. The fraction of sp³-hybridized carbons (Fsp3) is 0.167. The molecule has 0 spiro atoms. The van der Waals surface area contributed by atoms with Crippen LogP contribution in [-0.2, 0) is 5.72 Å². The van der Waals surface area contributed by atoms with Gasteiger partial charge in [0.2, 0.25) is 0 Å². The molecule has 0 radical (unpaired) electrons. The van der Waals surface area contributed by atoms with Gasteiger partial charge >= 0.3 is 0 Å². The molecule has 1 aliphatic rings. The first-order valence-electron chi connectivity index (χ1n) is 9.56. The molecule has 3 aromatic carbocycles. The van der Waals surface area contributed by atoms with Crippen molar-refractivity contribution in [3.05, 3.63) is 94.5 Å². The van der Waals surface area contributed by atoms with Crippen molar-refractivity contribution in [2.24, 2.45) is 5.10 Å². The highest BCUT2D eigenvalue weighted by Crippen LogP contribution is 2.37. The van der Waals surface area contributed by atoms with Gasteiger partial charge in [-0.15, -0.1) is 0 Å². The summed E-state index contributed by atoms with van der Waals surface area (Å²) >= 11 is 3.41. The zero-order valence-electron chi connectivity index (χ0n) is 16.0. The molecule has 146 valence electrons. The lowest BCUT2D eigenvalue weighted by atomic mass is 9.96. The van der Waals surface area contributed by atoms with Crippen molar-refractivity contribution >= 4 is 27.5 Å². The Balaban J connectivity index is 1.66. The largest absolute Gasteiger partial charge is 0.365 e. The number of benzene rings is 3. The number of hydrogen-bond donors (Lipinski definition) is 1. The number of hydrogen-bond acceptors (Lipinski definition) is 3. The van der Waals surface area contributed by atoms with Crippen molar-refractivity contribution in [3.8, 4) is 11.1 Å². The molecular weight excluding hydrogens is 428 g/mol. The molecule has 0 aromatic heterocycles. The van der Waals surface area contributed by atoms with E-state index in [1.54, 1.807) is 12.1 Å². The second kappa shape index (κ2) is 7.93. The van der Waals surface area contributed by atoms with Crippen LogP contribution in [0.15, 0.2) is 88.4 Å². The van der Waals surface area contributed by atoms with Gasteiger partial charge in [0, 0.05) is 27.7 Å². The van der Waals surface area contributed by atoms with E-state index < -0.39 is 5.72 Å². The SMILES string of the molecule is CCC1=NN(C(=O)c2ccc(-c3ccccc3)cc2)C(O)(c2ccc(Br)cc2)C1. The number of rotatable bonds is 4. The van der Waals surface area contributed by atoms with Crippen LogP contribution in [0.1, 0.15) is 35.7 Å². The van der Waals surface area contributed by atoms with Gasteiger partial charge in [-0.2, -0.15) is 10.1 Å². The van der Waals surface area contributed by atoms with Gasteiger partial charge in [0.05, 0.1) is 0 Å². The van der Waals surface area contributed by atoms with Crippen LogP contribution in [0.5, 0.6) is 0 Å². The lowest BCUT2D eigenvalue weighted by Crippen LogP contribution is -2.43. The third kappa shape index (κ3) is 3.76. The number of amides is 1. The minimum absolute atomic E-state index is 0.305. The van der Waals surface area contributed by atoms with Gasteiger partial charge in [-0.25, -0.2) is 0 Å². The van der Waals surface area contributed by atoms with Crippen molar-refractivity contribution in [1.82, 2.24) is 5.01 Å². The summed E-state index contributed by atoms with van der Waals surface area (Å²) in [4.78, 5) is 13.3. The summed E-state index contributed by atoms with van der Waals surface area (Å²) < 4.78 is 0.911. The van der Waals surface area contributed by atoms with Crippen molar-refractivity contribution in [1.29, 1.82) is 0 Å². The second-order valence-corrected chi connectivity index (χ2v) is 8.00. The minimum atomic E-state index is -1.48. The molecule has 0 fully saturated rings. The van der Waals surface area contributed by atoms with E-state index in [-0.39, 0.29) is 5.91 Å². The van der Waals surface area contributed by atoms with Gasteiger partial charge in [-0.1, -0.05) is 77.5 Å². The molecule has 5 heteroatoms. The average Bonchev–Trinajstić information content (AvgIpc) is 3.12. The Morgan fingerprint density at radius 2 is 1.62 bits per heavy atom. The predicted octanol–water partition coefficient (Wildman–Crippen LogP) is 5.57. The Morgan fingerprint density at radius 3 is 2.24 bits per heavy atom. The van der Waals surface area contributed by atoms with Crippen LogP contribution >= 0.6 is 15.9 Å². The molecule has 0 saturated carbocycles. The smallest absolute Gasteiger partial charge is 0.276 e. The van der Waals surface area contributed by atoms with Crippen molar-refractivity contribution in [2.45, 2.75) is 25.5 Å². The maximum atomic E-state index is 13.3. The molecule has 1 aliphatic heterocycles. The topological polar surface area (TPSA) is 52.9 Å². The number of carbonyl (C=O) groups excluding carboxylic acids is 1. The van der Waals surface area contributed by atoms with E-state index in [1.165, 1.54) is 5.01 Å². The highest BCUT2D eigenvalue weighted by molar-refractivity contribution is 9.10. The molecule has 0 bridgehead atoms. The molecule has 1 unspecified atom stereocenters. The van der Waals surface area contributed by atoms with Crippen LogP contribution in [0.2, 0.25) is 0 Å². The summed E-state index contributed by atoms with van der Waals surface area (Å²) in [5.74, 6) is -0.321. The average molecular weight is 449 g/mol. The van der Waals surface area contributed by atoms with Crippen LogP contribution < -0.4 is 0 Å². The summed E-state index contributed by atoms with van der Waals surface area (Å²) in [6.45, 7) is 1.98. The molecule has 4 rings (SSSR count). The monoisotopic (exact) mass is 448 g/mol. The lowest BCUT2D eigenvalue weighted by molar-refractivity contribution is -0.0765. The Labute approximate surface area is 178 Å². The molecule has 0 aliphatic carbocycles. The zero-order chi connectivity index (χ0) is 20.4. The molecule has 1 atom stereocenters. The first kappa shape index (κ1) is 19.6. The molecule has 1 heterocycles. The fourth-order valence-electron chi connectivity index (χ4n) is 3.53. The summed E-state index contributed by atoms with van der Waals surface area (Å²) in [6, 6.07) is 24.7. The second-order valence-electron chi connectivity index (χ2n) is 7.08. The van der Waals surface area contributed by atoms with Gasteiger partial charge in [0.25, 0.3) is 5.91 Å². The van der Waals surface area contributed by atoms with Crippen molar-refractivity contribution in [2.75, 3.05) is 0 Å². The first-order chi connectivity index (χ1) is 14.0. The third-order valence-electron chi connectivity index (χ3n) is 5.19. The Hall–Kier alpha value is -2.76. The summed E-state index contributed by atoms with van der Waals surface area (Å²) in [5, 5.41) is 17.1. The van der Waals surface area contributed by atoms with E-state index in [1.807, 2.05) is 73.7 Å². The van der Waals surface area contributed by atoms with Gasteiger partial charge in [-0.3, -0.25) is 4.79 Å². The Morgan fingerprint density at radius 1 is 1.00 bits per heavy atom. The van der Waals surface area contributed by atoms with Gasteiger partial charge < -0.3 is 5.11 Å². The molecule has 1 N–H and O–H groups in total. The van der Waals surface area contributed by atoms with Crippen LogP contribution in [0.4, 0.5) is 0 Å². The molecule has 29 heavy (non-hydrogen) atoms. The van der Waals surface area contributed by atoms with E-state index in [4.69, 9.17) is 0 Å². The Kier molecular flexibility index (Phi) is 5.35. The van der Waals surface area contributed by atoms with E-state index in [2.05, 4.69) is 21.0 Å². The van der Waals surface area contributed by atoms with E-state index in [0.717, 1.165) is 21.3 Å². The van der Waals surface area contributed by atoms with Gasteiger partial charge in [0.1, 0.15) is 0 Å². The number of carbonyl (C=O) groups is 1. The zero-order valence-corrected chi connectivity index (χ0v) is 17.6. The quantitative estimate of drug-likeness (QED) is 0.566. The third-order valence-corrected chi connectivity index (χ3v) is 5.72. The van der Waals surface area contributed by atoms with Crippen LogP contribution in [-0.4, -0.2) is 21.7 Å². The van der Waals surface area contributed by atoms with Crippen LogP contribution in [0.3, 0.4) is 0 Å². The first-order valence-corrected chi connectivity index (χ1v) is 10.4. The van der Waals surface area contributed by atoms with Crippen molar-refractivity contribution in [3.63, 3.8) is 0 Å². The van der Waals surface area contributed by atoms with Crippen LogP contribution in [0.25, 0.3) is 11.1 Å². The number of nitrogens with zero attached hydrogens (tertiary/aromatic N) is 2. The highest BCUT2D eigenvalue weighted by Gasteiger charge is 2.45. The normalized spacial score (nSPS) is 18.6. The van der Waals surface area contributed by atoms with Crippen molar-refractivity contribution < 1.29 is 9.90 Å². The van der Waals surface area contributed by atoms with Gasteiger partial charge in [-0.05, 0) is 41.8 Å². The molecule has 4 nitrogen and oxygen atoms in total. The van der Waals surface area contributed by atoms with Crippen LogP contribution in [0, 0.1) is 0 Å². The van der Waals surface area contributed by atoms with Gasteiger partial charge in [0.15, 0.2) is 5.72 Å². The highest BCUT2D eigenvalue weighted by atomic mass is 79.9. The molecule has 0 saturated heterocycles. The molecule has 3 aromatic rings. The van der Waals surface area contributed by atoms with E-state index in [9.17, 15) is 9.90 Å². The summed E-state index contributed by atoms with van der Waals surface area (Å²) in [7, 11) is 0. The Bertz CT molecular complexity index is 1050. The number of hydrazone groups is 1. The number of aliphatic hydroxyl groups is 1. The summed E-state index contributed by atoms with van der Waals surface area (Å²) in [5.41, 5.74) is 2.56. The maximum absolute atomic E-state index is 13.3. The van der Waals surface area contributed by atoms with E-state index >= 15 is 0 Å². The fourth-order valence-corrected chi connectivity index (χ4v) is 3.79. The minimum Gasteiger partial charge on any atom is -0.365 e. The summed E-state index contributed by atoms with van der Waals surface area (Å²) in [6.07, 6.45) is 0.981. The maximum Gasteiger partial charge on any atom is 0.276 e. The lowest BCUT2D eigenvalue weighted by Gasteiger charge is -2.31. The standard InChI is InChI=1S/C24H21BrN2O2/c1-2-22-16-24(29,20-12-14-21(25)15-13-20)27(26-22)23(28)19-10-8-18(9-11-19)17-6-4-3-5-7-17/h3-15,29H,2,16H2,1H3.